The van der Waals surface area contributed by atoms with Crippen LogP contribution >= 0.6 is 23.5 Å². The Morgan fingerprint density at radius 1 is 1.17 bits per heavy atom. The standard InChI is InChI=1S/C27H24N6O6S2/c1-32-27(29-30-31-32)41-15-18-14-40-25-20(24(36)33(25)21(18)26(37)38)28-23(35)22(17-10-6-3-7-11-17)39-19(34)13-12-16-8-4-2-5-9-16/h2-13,20,22,25H,14-15H2,1H3,(H,28,35)(H,37,38)/b13-12+/t20?,22?,25-/m1/s1. The summed E-state index contributed by atoms with van der Waals surface area (Å²) in [6.07, 6.45) is 1.48. The van der Waals surface area contributed by atoms with E-state index in [-0.39, 0.29) is 11.4 Å². The van der Waals surface area contributed by atoms with Crippen LogP contribution in [0.4, 0.5) is 0 Å². The molecule has 0 aliphatic carbocycles. The highest BCUT2D eigenvalue weighted by Crippen LogP contribution is 2.41. The van der Waals surface area contributed by atoms with E-state index in [2.05, 4.69) is 20.8 Å². The summed E-state index contributed by atoms with van der Waals surface area (Å²) in [6, 6.07) is 16.6. The van der Waals surface area contributed by atoms with E-state index < -0.39 is 41.3 Å². The average Bonchev–Trinajstić information content (AvgIpc) is 3.40. The Labute approximate surface area is 242 Å². The Hall–Kier alpha value is -4.43. The van der Waals surface area contributed by atoms with Crippen molar-refractivity contribution in [2.24, 2.45) is 7.05 Å². The van der Waals surface area contributed by atoms with Crippen LogP contribution in [-0.4, -0.2) is 76.9 Å². The van der Waals surface area contributed by atoms with Crippen molar-refractivity contribution < 1.29 is 29.0 Å². The minimum Gasteiger partial charge on any atom is -0.477 e. The van der Waals surface area contributed by atoms with Crippen LogP contribution in [-0.2, 0) is 31.0 Å². The van der Waals surface area contributed by atoms with Gasteiger partial charge in [0.25, 0.3) is 11.8 Å². The zero-order valence-corrected chi connectivity index (χ0v) is 23.2. The van der Waals surface area contributed by atoms with E-state index in [1.807, 2.05) is 30.3 Å². The smallest absolute Gasteiger partial charge is 0.352 e. The first-order valence-electron chi connectivity index (χ1n) is 12.4. The lowest BCUT2D eigenvalue weighted by Gasteiger charge is -2.49. The normalized spacial score (nSPS) is 19.0. The van der Waals surface area contributed by atoms with Crippen LogP contribution < -0.4 is 5.32 Å². The van der Waals surface area contributed by atoms with Gasteiger partial charge in [0.1, 0.15) is 17.1 Å². The van der Waals surface area contributed by atoms with Gasteiger partial charge in [0.2, 0.25) is 11.3 Å². The molecule has 2 aliphatic heterocycles. The topological polar surface area (TPSA) is 157 Å². The number of carbonyl (C=O) groups is 4. The third kappa shape index (κ3) is 6.18. The molecule has 0 saturated carbocycles. The number of tetrazole rings is 1. The summed E-state index contributed by atoms with van der Waals surface area (Å²) in [5, 5.41) is 23.7. The first-order valence-corrected chi connectivity index (χ1v) is 14.4. The van der Waals surface area contributed by atoms with Gasteiger partial charge in [-0.3, -0.25) is 14.5 Å². The number of nitrogens with zero attached hydrogens (tertiary/aromatic N) is 5. The molecule has 0 bridgehead atoms. The maximum atomic E-state index is 13.4. The summed E-state index contributed by atoms with van der Waals surface area (Å²) >= 11 is 2.60. The fourth-order valence-electron chi connectivity index (χ4n) is 4.30. The van der Waals surface area contributed by atoms with Crippen LogP contribution in [0.2, 0.25) is 0 Å². The number of carboxylic acid groups (broad SMARTS) is 1. The number of nitrogens with one attached hydrogen (secondary N) is 1. The van der Waals surface area contributed by atoms with Gasteiger partial charge < -0.3 is 15.2 Å². The van der Waals surface area contributed by atoms with Crippen molar-refractivity contribution in [1.29, 1.82) is 0 Å². The molecule has 3 heterocycles. The van der Waals surface area contributed by atoms with E-state index in [9.17, 15) is 24.3 Å². The molecule has 3 aromatic rings. The van der Waals surface area contributed by atoms with Crippen molar-refractivity contribution in [2.45, 2.75) is 22.7 Å². The van der Waals surface area contributed by atoms with Gasteiger partial charge in [-0.05, 0) is 27.6 Å². The number of aromatic nitrogens is 4. The first-order chi connectivity index (χ1) is 19.8. The number of carbonyl (C=O) groups excluding carboxylic acids is 3. The van der Waals surface area contributed by atoms with E-state index in [0.29, 0.717) is 22.0 Å². The summed E-state index contributed by atoms with van der Waals surface area (Å²) in [4.78, 5) is 52.5. The molecular formula is C27H24N6O6S2. The fourth-order valence-corrected chi connectivity index (χ4v) is 6.64. The molecule has 5 rings (SSSR count). The van der Waals surface area contributed by atoms with Crippen LogP contribution in [0.3, 0.4) is 0 Å². The molecule has 210 valence electrons. The maximum Gasteiger partial charge on any atom is 0.352 e. The second kappa shape index (κ2) is 12.4. The van der Waals surface area contributed by atoms with Crippen molar-refractivity contribution in [3.63, 3.8) is 0 Å². The van der Waals surface area contributed by atoms with E-state index in [4.69, 9.17) is 4.74 Å². The molecule has 2 N–H and O–H groups in total. The number of carboxylic acids is 1. The largest absolute Gasteiger partial charge is 0.477 e. The second-order valence-electron chi connectivity index (χ2n) is 9.00. The summed E-state index contributed by atoms with van der Waals surface area (Å²) in [6.45, 7) is 0. The highest BCUT2D eigenvalue weighted by molar-refractivity contribution is 8.01. The Bertz CT molecular complexity index is 1530. The zero-order chi connectivity index (χ0) is 28.9. The molecular weight excluding hydrogens is 568 g/mol. The number of benzene rings is 2. The molecule has 2 aliphatic rings. The Morgan fingerprint density at radius 3 is 2.54 bits per heavy atom. The lowest BCUT2D eigenvalue weighted by molar-refractivity contribution is -0.156. The molecule has 0 radical (unpaired) electrons. The number of amides is 2. The van der Waals surface area contributed by atoms with E-state index in [0.717, 1.165) is 5.56 Å². The lowest BCUT2D eigenvalue weighted by Crippen LogP contribution is -2.71. The lowest BCUT2D eigenvalue weighted by atomic mass is 10.0. The van der Waals surface area contributed by atoms with E-state index in [1.165, 1.54) is 39.2 Å². The number of fused-ring (bicyclic) bond motifs is 1. The van der Waals surface area contributed by atoms with Crippen molar-refractivity contribution in [3.05, 3.63) is 89.1 Å². The van der Waals surface area contributed by atoms with Gasteiger partial charge in [-0.15, -0.1) is 16.9 Å². The second-order valence-corrected chi connectivity index (χ2v) is 11.0. The molecule has 1 fully saturated rings. The summed E-state index contributed by atoms with van der Waals surface area (Å²) < 4.78 is 6.99. The Kier molecular flexibility index (Phi) is 8.50. The molecule has 0 spiro atoms. The number of β-lactam (4-membered cyclic amide) rings is 1. The van der Waals surface area contributed by atoms with Crippen molar-refractivity contribution in [1.82, 2.24) is 30.4 Å². The number of aliphatic carboxylic acids is 1. The zero-order valence-electron chi connectivity index (χ0n) is 21.6. The van der Waals surface area contributed by atoms with Crippen molar-refractivity contribution in [3.8, 4) is 0 Å². The van der Waals surface area contributed by atoms with Crippen molar-refractivity contribution >= 4 is 53.4 Å². The number of hydrogen-bond acceptors (Lipinski definition) is 10. The maximum absolute atomic E-state index is 13.4. The number of aryl methyl sites for hydroxylation is 1. The van der Waals surface area contributed by atoms with Gasteiger partial charge in [0.15, 0.2) is 0 Å². The molecule has 3 atom stereocenters. The minimum atomic E-state index is -1.32. The highest BCUT2D eigenvalue weighted by atomic mass is 32.2. The highest BCUT2D eigenvalue weighted by Gasteiger charge is 2.54. The van der Waals surface area contributed by atoms with Crippen LogP contribution in [0.1, 0.15) is 17.2 Å². The van der Waals surface area contributed by atoms with Gasteiger partial charge in [0.05, 0.1) is 0 Å². The third-order valence-corrected chi connectivity index (χ3v) is 8.73. The van der Waals surface area contributed by atoms with Crippen molar-refractivity contribution in [2.75, 3.05) is 11.5 Å². The van der Waals surface area contributed by atoms with E-state index in [1.54, 1.807) is 43.5 Å². The summed E-state index contributed by atoms with van der Waals surface area (Å²) in [5.41, 5.74) is 1.65. The summed E-state index contributed by atoms with van der Waals surface area (Å²) in [7, 11) is 1.67. The van der Waals surface area contributed by atoms with Gasteiger partial charge in [0, 0.05) is 30.2 Å². The average molecular weight is 593 g/mol. The number of hydrogen-bond donors (Lipinski definition) is 2. The molecule has 12 nitrogen and oxygen atoms in total. The van der Waals surface area contributed by atoms with Gasteiger partial charge >= 0.3 is 11.9 Å². The number of ether oxygens (including phenoxy) is 1. The first kappa shape index (κ1) is 28.1. The van der Waals surface area contributed by atoms with Gasteiger partial charge in [-0.2, -0.15) is 0 Å². The summed E-state index contributed by atoms with van der Waals surface area (Å²) in [5.74, 6) is -2.60. The Morgan fingerprint density at radius 2 is 1.88 bits per heavy atom. The van der Waals surface area contributed by atoms with Crippen LogP contribution in [0.25, 0.3) is 6.08 Å². The molecule has 2 aromatic carbocycles. The molecule has 41 heavy (non-hydrogen) atoms. The SMILES string of the molecule is Cn1nnnc1SCC1=C(C(=O)O)N2C(=O)C(NC(=O)C(OC(=O)/C=C/c3ccccc3)c3ccccc3)[C@H]2SC1. The molecule has 2 amide bonds. The predicted octanol–water partition coefficient (Wildman–Crippen LogP) is 2.04. The molecule has 1 aromatic heterocycles. The van der Waals surface area contributed by atoms with Gasteiger partial charge in [-0.25, -0.2) is 14.3 Å². The monoisotopic (exact) mass is 592 g/mol. The number of rotatable bonds is 10. The molecule has 2 unspecified atom stereocenters. The molecule has 1 saturated heterocycles. The number of esters is 1. The fraction of sp³-hybridized carbons (Fsp3) is 0.222. The third-order valence-electron chi connectivity index (χ3n) is 6.29. The van der Waals surface area contributed by atoms with Gasteiger partial charge in [-0.1, -0.05) is 72.4 Å². The minimum absolute atomic E-state index is 0.107. The van der Waals surface area contributed by atoms with Crippen LogP contribution in [0.5, 0.6) is 0 Å². The predicted molar refractivity (Wildman–Crippen MR) is 150 cm³/mol. The van der Waals surface area contributed by atoms with E-state index >= 15 is 0 Å². The van der Waals surface area contributed by atoms with Crippen LogP contribution in [0, 0.1) is 0 Å². The van der Waals surface area contributed by atoms with Crippen LogP contribution in [0.15, 0.2) is 83.2 Å². The Balaban J connectivity index is 1.29. The molecule has 14 heteroatoms. The quantitative estimate of drug-likeness (QED) is 0.154. The number of thioether (sulfide) groups is 2.